The van der Waals surface area contributed by atoms with Crippen LogP contribution in [0.5, 0.6) is 5.75 Å². The molecule has 0 bridgehead atoms. The number of hydrogen-bond acceptors (Lipinski definition) is 4. The van der Waals surface area contributed by atoms with Crippen LogP contribution >= 0.6 is 15.9 Å². The quantitative estimate of drug-likeness (QED) is 0.774. The molecule has 1 atom stereocenters. The van der Waals surface area contributed by atoms with Gasteiger partial charge in [-0.25, -0.2) is 8.78 Å². The molecule has 20 heavy (non-hydrogen) atoms. The van der Waals surface area contributed by atoms with Gasteiger partial charge in [0.2, 0.25) is 0 Å². The summed E-state index contributed by atoms with van der Waals surface area (Å²) in [6.45, 7) is 0.825. The number of nitrogens with zero attached hydrogens (tertiary/aromatic N) is 1. The van der Waals surface area contributed by atoms with Gasteiger partial charge in [-0.1, -0.05) is 12.1 Å². The first-order valence-electron chi connectivity index (χ1n) is 6.38. The van der Waals surface area contributed by atoms with Crippen molar-refractivity contribution < 1.29 is 19.0 Å². The van der Waals surface area contributed by atoms with Gasteiger partial charge < -0.3 is 15.5 Å². The number of aliphatic hydroxyl groups excluding tert-OH is 1. The average molecular weight is 351 g/mol. The zero-order valence-corrected chi connectivity index (χ0v) is 12.4. The smallest absolute Gasteiger partial charge is 0.290 e. The molecule has 3 N–H and O–H groups in total. The number of hydrogen-bond donors (Lipinski definition) is 3. The monoisotopic (exact) mass is 350 g/mol. The number of halogens is 3. The Morgan fingerprint density at radius 1 is 1.35 bits per heavy atom. The minimum atomic E-state index is -3.32. The van der Waals surface area contributed by atoms with Crippen LogP contribution in [0.4, 0.5) is 8.78 Å². The number of piperazine rings is 1. The maximum atomic E-state index is 14.2. The Morgan fingerprint density at radius 2 is 2.00 bits per heavy atom. The second-order valence-electron chi connectivity index (χ2n) is 4.79. The molecule has 1 aliphatic rings. The van der Waals surface area contributed by atoms with Crippen LogP contribution in [-0.2, 0) is 0 Å². The zero-order chi connectivity index (χ0) is 14.8. The van der Waals surface area contributed by atoms with E-state index in [2.05, 4.69) is 21.2 Å². The van der Waals surface area contributed by atoms with E-state index in [0.717, 1.165) is 0 Å². The van der Waals surface area contributed by atoms with Gasteiger partial charge in [0.1, 0.15) is 18.4 Å². The van der Waals surface area contributed by atoms with Crippen LogP contribution in [0.25, 0.3) is 0 Å². The normalized spacial score (nSPS) is 19.0. The minimum absolute atomic E-state index is 0.125. The number of phenols is 1. The first-order chi connectivity index (χ1) is 9.47. The Morgan fingerprint density at radius 3 is 2.60 bits per heavy atom. The molecule has 1 heterocycles. The van der Waals surface area contributed by atoms with E-state index < -0.39 is 18.6 Å². The zero-order valence-electron chi connectivity index (χ0n) is 10.8. The van der Waals surface area contributed by atoms with Crippen LogP contribution in [0, 0.1) is 0 Å². The highest BCUT2D eigenvalue weighted by Crippen LogP contribution is 2.42. The van der Waals surface area contributed by atoms with Crippen molar-refractivity contribution in [2.75, 3.05) is 32.8 Å². The topological polar surface area (TPSA) is 55.7 Å². The molecule has 7 heteroatoms. The Hall–Kier alpha value is -0.760. The van der Waals surface area contributed by atoms with Crippen molar-refractivity contribution >= 4 is 15.9 Å². The van der Waals surface area contributed by atoms with Crippen LogP contribution in [-0.4, -0.2) is 53.8 Å². The number of para-hydroxylation sites is 1. The lowest BCUT2D eigenvalue weighted by atomic mass is 9.97. The number of phenolic OH excluding ortho intramolecular Hbond substituents is 1. The fraction of sp³-hybridized carbons (Fsp3) is 0.538. The van der Waals surface area contributed by atoms with E-state index in [9.17, 15) is 13.9 Å². The third kappa shape index (κ3) is 3.11. The number of aliphatic hydroxyl groups is 1. The van der Waals surface area contributed by atoms with Crippen molar-refractivity contribution in [3.8, 4) is 5.75 Å². The maximum absolute atomic E-state index is 14.2. The SMILES string of the molecule is OCC(F)(F)[C@@H](c1cccc(Br)c1O)N1CCNCC1. The number of nitrogens with one attached hydrogen (secondary N) is 1. The summed E-state index contributed by atoms with van der Waals surface area (Å²) in [5, 5.41) is 22.2. The predicted octanol–water partition coefficient (Wildman–Crippen LogP) is 1.73. The molecule has 1 aromatic rings. The Kier molecular flexibility index (Phi) is 4.95. The highest BCUT2D eigenvalue weighted by atomic mass is 79.9. The molecule has 1 aromatic carbocycles. The second-order valence-corrected chi connectivity index (χ2v) is 5.64. The fourth-order valence-electron chi connectivity index (χ4n) is 2.47. The highest BCUT2D eigenvalue weighted by molar-refractivity contribution is 9.10. The molecular formula is C13H17BrF2N2O2. The first-order valence-corrected chi connectivity index (χ1v) is 7.17. The molecule has 1 aliphatic heterocycles. The molecule has 2 rings (SSSR count). The summed E-state index contributed by atoms with van der Waals surface area (Å²) >= 11 is 3.14. The van der Waals surface area contributed by atoms with Crippen LogP contribution < -0.4 is 5.32 Å². The molecule has 112 valence electrons. The van der Waals surface area contributed by atoms with E-state index in [1.807, 2.05) is 0 Å². The third-order valence-electron chi connectivity index (χ3n) is 3.44. The Bertz CT molecular complexity index is 468. The molecule has 1 fully saturated rings. The number of aromatic hydroxyl groups is 1. The van der Waals surface area contributed by atoms with Gasteiger partial charge >= 0.3 is 0 Å². The van der Waals surface area contributed by atoms with E-state index in [1.54, 1.807) is 17.0 Å². The summed E-state index contributed by atoms with van der Waals surface area (Å²) in [7, 11) is 0. The van der Waals surface area contributed by atoms with Crippen LogP contribution in [0.3, 0.4) is 0 Å². The summed E-state index contributed by atoms with van der Waals surface area (Å²) in [6, 6.07) is 3.31. The first kappa shape index (κ1) is 15.6. The summed E-state index contributed by atoms with van der Waals surface area (Å²) in [5.74, 6) is -3.53. The standard InChI is InChI=1S/C13H17BrF2N2O2/c14-10-3-1-2-9(11(10)20)12(13(15,16)8-19)18-6-4-17-5-7-18/h1-3,12,17,19-20H,4-8H2/t12-/m1/s1. The predicted molar refractivity (Wildman–Crippen MR) is 75.0 cm³/mol. The second kappa shape index (κ2) is 6.34. The fourth-order valence-corrected chi connectivity index (χ4v) is 2.85. The van der Waals surface area contributed by atoms with Crippen molar-refractivity contribution in [2.45, 2.75) is 12.0 Å². The van der Waals surface area contributed by atoms with E-state index in [-0.39, 0.29) is 11.3 Å². The number of alkyl halides is 2. The molecule has 0 radical (unpaired) electrons. The lowest BCUT2D eigenvalue weighted by molar-refractivity contribution is -0.119. The van der Waals surface area contributed by atoms with Crippen LogP contribution in [0.15, 0.2) is 22.7 Å². The van der Waals surface area contributed by atoms with E-state index in [4.69, 9.17) is 5.11 Å². The summed E-state index contributed by atoms with van der Waals surface area (Å²) in [4.78, 5) is 1.59. The van der Waals surface area contributed by atoms with E-state index in [0.29, 0.717) is 30.7 Å². The third-order valence-corrected chi connectivity index (χ3v) is 4.08. The largest absolute Gasteiger partial charge is 0.506 e. The van der Waals surface area contributed by atoms with Gasteiger partial charge in [0.15, 0.2) is 0 Å². The molecule has 1 saturated heterocycles. The summed E-state index contributed by atoms with van der Waals surface area (Å²) < 4.78 is 28.7. The molecule has 0 amide bonds. The van der Waals surface area contributed by atoms with E-state index in [1.165, 1.54) is 6.07 Å². The summed E-state index contributed by atoms with van der Waals surface area (Å²) in [6.07, 6.45) is 0. The van der Waals surface area contributed by atoms with Crippen molar-refractivity contribution in [3.05, 3.63) is 28.2 Å². The highest BCUT2D eigenvalue weighted by Gasteiger charge is 2.45. The molecule has 4 nitrogen and oxygen atoms in total. The van der Waals surface area contributed by atoms with Crippen molar-refractivity contribution in [2.24, 2.45) is 0 Å². The van der Waals surface area contributed by atoms with Crippen molar-refractivity contribution in [3.63, 3.8) is 0 Å². The molecule has 0 unspecified atom stereocenters. The molecule has 0 aliphatic carbocycles. The van der Waals surface area contributed by atoms with Gasteiger partial charge in [0.25, 0.3) is 5.92 Å². The number of benzene rings is 1. The molecule has 0 saturated carbocycles. The average Bonchev–Trinajstić information content (AvgIpc) is 2.45. The van der Waals surface area contributed by atoms with Gasteiger partial charge in [-0.2, -0.15) is 0 Å². The molecule has 0 spiro atoms. The summed E-state index contributed by atoms with van der Waals surface area (Å²) in [5.41, 5.74) is 0.125. The van der Waals surface area contributed by atoms with Gasteiger partial charge in [-0.3, -0.25) is 4.90 Å². The minimum Gasteiger partial charge on any atom is -0.506 e. The lowest BCUT2D eigenvalue weighted by Crippen LogP contribution is -2.51. The molecule has 0 aromatic heterocycles. The van der Waals surface area contributed by atoms with Gasteiger partial charge in [-0.15, -0.1) is 0 Å². The van der Waals surface area contributed by atoms with Crippen molar-refractivity contribution in [1.29, 1.82) is 0 Å². The van der Waals surface area contributed by atoms with Crippen molar-refractivity contribution in [1.82, 2.24) is 10.2 Å². The van der Waals surface area contributed by atoms with Crippen LogP contribution in [0.1, 0.15) is 11.6 Å². The van der Waals surface area contributed by atoms with Gasteiger partial charge in [-0.05, 0) is 22.0 Å². The van der Waals surface area contributed by atoms with Crippen LogP contribution in [0.2, 0.25) is 0 Å². The molecular weight excluding hydrogens is 334 g/mol. The number of rotatable bonds is 4. The van der Waals surface area contributed by atoms with Gasteiger partial charge in [0, 0.05) is 31.7 Å². The maximum Gasteiger partial charge on any atom is 0.290 e. The van der Waals surface area contributed by atoms with Gasteiger partial charge in [0.05, 0.1) is 4.47 Å². The van der Waals surface area contributed by atoms with E-state index >= 15 is 0 Å². The Balaban J connectivity index is 2.42. The lowest BCUT2D eigenvalue weighted by Gasteiger charge is -2.39. The Labute approximate surface area is 124 Å².